The highest BCUT2D eigenvalue weighted by atomic mass is 32.2. The molecule has 1 unspecified atom stereocenters. The van der Waals surface area contributed by atoms with Crippen LogP contribution >= 0.6 is 11.5 Å². The van der Waals surface area contributed by atoms with Crippen LogP contribution in [-0.2, 0) is 17.1 Å². The Morgan fingerprint density at radius 2 is 2.00 bits per heavy atom. The van der Waals surface area contributed by atoms with Crippen molar-refractivity contribution in [2.24, 2.45) is 7.05 Å². The average molecular weight is 483 g/mol. The highest BCUT2D eigenvalue weighted by molar-refractivity contribution is 7.93. The van der Waals surface area contributed by atoms with Crippen LogP contribution in [0.25, 0.3) is 22.4 Å². The van der Waals surface area contributed by atoms with Crippen molar-refractivity contribution >= 4 is 37.8 Å². The van der Waals surface area contributed by atoms with Gasteiger partial charge in [-0.1, -0.05) is 18.2 Å². The van der Waals surface area contributed by atoms with Gasteiger partial charge in [-0.3, -0.25) is 14.0 Å². The van der Waals surface area contributed by atoms with Crippen LogP contribution in [0.3, 0.4) is 0 Å². The van der Waals surface area contributed by atoms with Crippen molar-refractivity contribution in [3.05, 3.63) is 77.2 Å². The first-order chi connectivity index (χ1) is 15.8. The van der Waals surface area contributed by atoms with E-state index in [4.69, 9.17) is 4.42 Å². The summed E-state index contributed by atoms with van der Waals surface area (Å²) >= 11 is 0.922. The van der Waals surface area contributed by atoms with Crippen LogP contribution in [0.2, 0.25) is 0 Å². The van der Waals surface area contributed by atoms with E-state index in [9.17, 15) is 13.2 Å². The van der Waals surface area contributed by atoms with Crippen LogP contribution in [0, 0.1) is 0 Å². The molecule has 0 aliphatic carbocycles. The summed E-state index contributed by atoms with van der Waals surface area (Å²) in [6, 6.07) is 13.6. The third-order valence-corrected chi connectivity index (χ3v) is 7.29. The van der Waals surface area contributed by atoms with Crippen LogP contribution in [0.4, 0.5) is 5.13 Å². The van der Waals surface area contributed by atoms with Crippen LogP contribution in [0.5, 0.6) is 0 Å². The minimum Gasteiger partial charge on any atom is -0.408 e. The second-order valence-electron chi connectivity index (χ2n) is 7.40. The first-order valence-corrected chi connectivity index (χ1v) is 12.1. The van der Waals surface area contributed by atoms with Gasteiger partial charge in [-0.05, 0) is 36.8 Å². The molecule has 12 heteroatoms. The summed E-state index contributed by atoms with van der Waals surface area (Å²) in [5.74, 6) is -0.577. The molecule has 10 nitrogen and oxygen atoms in total. The third-order valence-electron chi connectivity index (χ3n) is 5.24. The van der Waals surface area contributed by atoms with Crippen molar-refractivity contribution in [1.29, 1.82) is 0 Å². The van der Waals surface area contributed by atoms with Gasteiger partial charge in [0.2, 0.25) is 5.13 Å². The molecule has 1 N–H and O–H groups in total. The molecule has 0 bridgehead atoms. The smallest absolute Gasteiger partial charge is 0.408 e. The topological polar surface area (TPSA) is 125 Å². The second-order valence-corrected chi connectivity index (χ2v) is 9.86. The maximum Gasteiger partial charge on any atom is 0.420 e. The number of fused-ring (bicyclic) bond motifs is 1. The summed E-state index contributed by atoms with van der Waals surface area (Å²) in [7, 11) is -2.06. The van der Waals surface area contributed by atoms with Crippen LogP contribution in [0.15, 0.2) is 75.2 Å². The minimum absolute atomic E-state index is 0.0455. The van der Waals surface area contributed by atoms with E-state index in [1.165, 1.54) is 23.0 Å². The fraction of sp³-hybridized carbons (Fsp3) is 0.143. The standard InChI is InChI=1S/C21H18N6O4S2/c1-13(14-4-3-5-15(10-14)17-8-9-26(2)24-17)27-18-7-6-16(11-19(18)31-21(27)28)33(29,30)25-20-22-12-23-32-20/h3-13H,1-2H3,(H,22,23,25). The molecule has 5 aromatic rings. The van der Waals surface area contributed by atoms with Gasteiger partial charge in [0.05, 0.1) is 22.1 Å². The summed E-state index contributed by atoms with van der Waals surface area (Å²) in [6.45, 7) is 1.88. The van der Waals surface area contributed by atoms with E-state index in [2.05, 4.69) is 19.2 Å². The largest absolute Gasteiger partial charge is 0.420 e. The molecule has 0 fully saturated rings. The number of hydrogen-bond donors (Lipinski definition) is 1. The number of nitrogens with one attached hydrogen (secondary N) is 1. The van der Waals surface area contributed by atoms with E-state index in [1.54, 1.807) is 10.7 Å². The molecule has 0 saturated carbocycles. The van der Waals surface area contributed by atoms with E-state index in [1.807, 2.05) is 50.5 Å². The molecule has 2 aromatic carbocycles. The van der Waals surface area contributed by atoms with E-state index >= 15 is 0 Å². The van der Waals surface area contributed by atoms with Crippen molar-refractivity contribution in [1.82, 2.24) is 23.7 Å². The predicted octanol–water partition coefficient (Wildman–Crippen LogP) is 3.26. The molecule has 33 heavy (non-hydrogen) atoms. The van der Waals surface area contributed by atoms with Crippen molar-refractivity contribution < 1.29 is 12.8 Å². The Morgan fingerprint density at radius 1 is 1.15 bits per heavy atom. The molecular formula is C21H18N6O4S2. The number of sulfonamides is 1. The Hall–Kier alpha value is -3.77. The van der Waals surface area contributed by atoms with Crippen molar-refractivity contribution in [2.45, 2.75) is 17.9 Å². The Bertz CT molecular complexity index is 1620. The number of nitrogens with zero attached hydrogens (tertiary/aromatic N) is 5. The van der Waals surface area contributed by atoms with Gasteiger partial charge >= 0.3 is 5.76 Å². The van der Waals surface area contributed by atoms with Crippen molar-refractivity contribution in [3.63, 3.8) is 0 Å². The third kappa shape index (κ3) is 3.94. The molecule has 3 aromatic heterocycles. The number of aryl methyl sites for hydroxylation is 1. The van der Waals surface area contributed by atoms with Crippen molar-refractivity contribution in [2.75, 3.05) is 4.72 Å². The zero-order chi connectivity index (χ0) is 23.2. The van der Waals surface area contributed by atoms with E-state index in [0.717, 1.165) is 28.4 Å². The van der Waals surface area contributed by atoms with Gasteiger partial charge in [0, 0.05) is 36.4 Å². The number of anilines is 1. The minimum atomic E-state index is -3.91. The Balaban J connectivity index is 1.52. The molecule has 3 heterocycles. The zero-order valence-electron chi connectivity index (χ0n) is 17.5. The Morgan fingerprint density at radius 3 is 2.73 bits per heavy atom. The lowest BCUT2D eigenvalue weighted by atomic mass is 10.0. The second kappa shape index (κ2) is 7.98. The highest BCUT2D eigenvalue weighted by Gasteiger charge is 2.21. The molecule has 0 radical (unpaired) electrons. The highest BCUT2D eigenvalue weighted by Crippen LogP contribution is 2.28. The van der Waals surface area contributed by atoms with E-state index < -0.39 is 15.8 Å². The summed E-state index contributed by atoms with van der Waals surface area (Å²) in [4.78, 5) is 16.5. The van der Waals surface area contributed by atoms with E-state index in [-0.39, 0.29) is 21.7 Å². The molecule has 0 spiro atoms. The van der Waals surface area contributed by atoms with E-state index in [0.29, 0.717) is 5.52 Å². The lowest BCUT2D eigenvalue weighted by Gasteiger charge is -2.14. The normalized spacial score (nSPS) is 12.8. The quantitative estimate of drug-likeness (QED) is 0.394. The summed E-state index contributed by atoms with van der Waals surface area (Å²) in [5.41, 5.74) is 3.31. The van der Waals surface area contributed by atoms with Gasteiger partial charge in [0.1, 0.15) is 6.33 Å². The van der Waals surface area contributed by atoms with Gasteiger partial charge < -0.3 is 4.42 Å². The number of hydrogen-bond acceptors (Lipinski definition) is 8. The Kier molecular flexibility index (Phi) is 5.10. The van der Waals surface area contributed by atoms with Crippen LogP contribution in [-0.4, -0.2) is 32.1 Å². The average Bonchev–Trinajstić information content (AvgIpc) is 3.52. The molecule has 5 rings (SSSR count). The van der Waals surface area contributed by atoms with Gasteiger partial charge in [-0.2, -0.15) is 9.47 Å². The number of oxazole rings is 1. The predicted molar refractivity (Wildman–Crippen MR) is 124 cm³/mol. The maximum atomic E-state index is 12.7. The lowest BCUT2D eigenvalue weighted by Crippen LogP contribution is -2.19. The summed E-state index contributed by atoms with van der Waals surface area (Å²) < 4.78 is 40.1. The summed E-state index contributed by atoms with van der Waals surface area (Å²) in [5, 5.41) is 4.58. The van der Waals surface area contributed by atoms with Crippen molar-refractivity contribution in [3.8, 4) is 11.3 Å². The zero-order valence-corrected chi connectivity index (χ0v) is 19.2. The van der Waals surface area contributed by atoms with Crippen LogP contribution < -0.4 is 10.5 Å². The molecule has 0 aliphatic heterocycles. The first-order valence-electron chi connectivity index (χ1n) is 9.86. The fourth-order valence-corrected chi connectivity index (χ4v) is 5.30. The van der Waals surface area contributed by atoms with Gasteiger partial charge in [0.15, 0.2) is 5.58 Å². The molecule has 168 valence electrons. The fourth-order valence-electron chi connectivity index (χ4n) is 3.62. The SMILES string of the molecule is CC(c1cccc(-c2ccn(C)n2)c1)n1c(=O)oc2cc(S(=O)(=O)Nc3ncns3)ccc21. The molecule has 0 saturated heterocycles. The molecule has 0 aliphatic rings. The molecule has 0 amide bonds. The van der Waals surface area contributed by atoms with Crippen LogP contribution in [0.1, 0.15) is 18.5 Å². The van der Waals surface area contributed by atoms with Gasteiger partial charge in [-0.25, -0.2) is 18.2 Å². The van der Waals surface area contributed by atoms with Gasteiger partial charge in [-0.15, -0.1) is 0 Å². The number of benzene rings is 2. The van der Waals surface area contributed by atoms with Gasteiger partial charge in [0.25, 0.3) is 10.0 Å². The molecule has 1 atom stereocenters. The number of rotatable bonds is 6. The molecular weight excluding hydrogens is 464 g/mol. The lowest BCUT2D eigenvalue weighted by molar-refractivity contribution is 0.489. The monoisotopic (exact) mass is 482 g/mol. The Labute approximate surface area is 192 Å². The maximum absolute atomic E-state index is 12.7. The number of aromatic nitrogens is 5. The first kappa shape index (κ1) is 21.1. The summed E-state index contributed by atoms with van der Waals surface area (Å²) in [6.07, 6.45) is 3.13.